The number of nitrogens with two attached hydrogens (primary N) is 1. The summed E-state index contributed by atoms with van der Waals surface area (Å²) in [6.07, 6.45) is 2.92. The summed E-state index contributed by atoms with van der Waals surface area (Å²) < 4.78 is 0. The summed E-state index contributed by atoms with van der Waals surface area (Å²) >= 11 is 0. The van der Waals surface area contributed by atoms with Crippen molar-refractivity contribution in [2.75, 3.05) is 13.2 Å². The largest absolute Gasteiger partial charge is 0.394 e. The fraction of sp³-hybridized carbons (Fsp3) is 0.533. The second kappa shape index (κ2) is 6.17. The van der Waals surface area contributed by atoms with Gasteiger partial charge >= 0.3 is 0 Å². The summed E-state index contributed by atoms with van der Waals surface area (Å²) in [4.78, 5) is 14.2. The molecule has 4 heteroatoms. The van der Waals surface area contributed by atoms with Crippen LogP contribution in [-0.2, 0) is 4.79 Å². The molecule has 2 atom stereocenters. The highest BCUT2D eigenvalue weighted by molar-refractivity contribution is 5.83. The van der Waals surface area contributed by atoms with E-state index < -0.39 is 6.04 Å². The van der Waals surface area contributed by atoms with Gasteiger partial charge in [-0.2, -0.15) is 0 Å². The van der Waals surface area contributed by atoms with Crippen molar-refractivity contribution in [1.82, 2.24) is 4.90 Å². The van der Waals surface area contributed by atoms with Gasteiger partial charge in [0.15, 0.2) is 0 Å². The van der Waals surface area contributed by atoms with Crippen molar-refractivity contribution in [3.05, 3.63) is 35.4 Å². The third-order valence-electron chi connectivity index (χ3n) is 3.82. The molecule has 1 saturated heterocycles. The van der Waals surface area contributed by atoms with E-state index >= 15 is 0 Å². The Labute approximate surface area is 114 Å². The number of piperidine rings is 1. The Balaban J connectivity index is 2.11. The number of benzene rings is 1. The number of rotatable bonds is 3. The van der Waals surface area contributed by atoms with Crippen LogP contribution in [-0.4, -0.2) is 35.1 Å². The quantitative estimate of drug-likeness (QED) is 0.864. The van der Waals surface area contributed by atoms with Crippen LogP contribution in [0.2, 0.25) is 0 Å². The molecule has 1 aliphatic rings. The lowest BCUT2D eigenvalue weighted by molar-refractivity contribution is -0.137. The minimum absolute atomic E-state index is 0.0202. The van der Waals surface area contributed by atoms with E-state index in [1.54, 1.807) is 4.90 Å². The maximum atomic E-state index is 12.4. The first-order chi connectivity index (χ1) is 9.13. The highest BCUT2D eigenvalue weighted by atomic mass is 16.3. The maximum Gasteiger partial charge on any atom is 0.244 e. The molecular weight excluding hydrogens is 240 g/mol. The SMILES string of the molecule is Cc1ccc(C(N)C(=O)N2CCCCC2CO)cc1. The number of hydrogen-bond donors (Lipinski definition) is 2. The Morgan fingerprint density at radius 1 is 1.42 bits per heavy atom. The first-order valence-corrected chi connectivity index (χ1v) is 6.87. The summed E-state index contributed by atoms with van der Waals surface area (Å²) in [5.74, 6) is -0.0809. The molecule has 3 N–H and O–H groups in total. The highest BCUT2D eigenvalue weighted by Gasteiger charge is 2.29. The second-order valence-corrected chi connectivity index (χ2v) is 5.25. The molecule has 0 bridgehead atoms. The molecule has 2 rings (SSSR count). The first-order valence-electron chi connectivity index (χ1n) is 6.87. The molecule has 0 aliphatic carbocycles. The van der Waals surface area contributed by atoms with Crippen molar-refractivity contribution >= 4 is 5.91 Å². The monoisotopic (exact) mass is 262 g/mol. The molecule has 104 valence electrons. The molecule has 0 aromatic heterocycles. The molecule has 0 spiro atoms. The van der Waals surface area contributed by atoms with Crippen LogP contribution >= 0.6 is 0 Å². The van der Waals surface area contributed by atoms with Gasteiger partial charge in [-0.1, -0.05) is 29.8 Å². The number of aryl methyl sites for hydroxylation is 1. The van der Waals surface area contributed by atoms with E-state index in [9.17, 15) is 9.90 Å². The van der Waals surface area contributed by atoms with Crippen molar-refractivity contribution in [2.45, 2.75) is 38.3 Å². The topological polar surface area (TPSA) is 66.6 Å². The molecule has 1 aliphatic heterocycles. The fourth-order valence-electron chi connectivity index (χ4n) is 2.58. The lowest BCUT2D eigenvalue weighted by Gasteiger charge is -2.36. The van der Waals surface area contributed by atoms with E-state index in [2.05, 4.69) is 0 Å². The molecule has 1 fully saturated rings. The van der Waals surface area contributed by atoms with E-state index in [1.165, 1.54) is 0 Å². The van der Waals surface area contributed by atoms with Gasteiger partial charge in [-0.05, 0) is 31.7 Å². The zero-order chi connectivity index (χ0) is 13.8. The van der Waals surface area contributed by atoms with E-state index in [0.717, 1.165) is 30.4 Å². The van der Waals surface area contributed by atoms with Crippen LogP contribution in [0.1, 0.15) is 36.4 Å². The molecule has 2 unspecified atom stereocenters. The van der Waals surface area contributed by atoms with Crippen LogP contribution in [0.3, 0.4) is 0 Å². The molecule has 1 heterocycles. The maximum absolute atomic E-state index is 12.4. The van der Waals surface area contributed by atoms with Crippen LogP contribution in [0.15, 0.2) is 24.3 Å². The van der Waals surface area contributed by atoms with Crippen LogP contribution < -0.4 is 5.73 Å². The second-order valence-electron chi connectivity index (χ2n) is 5.25. The van der Waals surface area contributed by atoms with Gasteiger partial charge in [-0.25, -0.2) is 0 Å². The summed E-state index contributed by atoms with van der Waals surface area (Å²) in [6.45, 7) is 2.72. The number of aliphatic hydroxyl groups excluding tert-OH is 1. The number of aliphatic hydroxyl groups is 1. The van der Waals surface area contributed by atoms with E-state index in [4.69, 9.17) is 5.73 Å². The van der Waals surface area contributed by atoms with Gasteiger partial charge in [0.2, 0.25) is 5.91 Å². The average molecular weight is 262 g/mol. The Morgan fingerprint density at radius 2 is 2.11 bits per heavy atom. The van der Waals surface area contributed by atoms with Gasteiger partial charge in [0.05, 0.1) is 12.6 Å². The van der Waals surface area contributed by atoms with Gasteiger partial charge in [-0.3, -0.25) is 4.79 Å². The Morgan fingerprint density at radius 3 is 2.74 bits per heavy atom. The van der Waals surface area contributed by atoms with Crippen molar-refractivity contribution < 1.29 is 9.90 Å². The molecule has 0 radical (unpaired) electrons. The lowest BCUT2D eigenvalue weighted by atomic mass is 9.99. The molecular formula is C15H22N2O2. The van der Waals surface area contributed by atoms with Crippen molar-refractivity contribution in [3.8, 4) is 0 Å². The predicted molar refractivity (Wildman–Crippen MR) is 74.5 cm³/mol. The van der Waals surface area contributed by atoms with Gasteiger partial charge in [0.1, 0.15) is 6.04 Å². The number of carbonyl (C=O) groups is 1. The standard InChI is InChI=1S/C15H22N2O2/c1-11-5-7-12(8-6-11)14(16)15(19)17-9-3-2-4-13(17)10-18/h5-8,13-14,18H,2-4,9-10,16H2,1H3. The molecule has 1 amide bonds. The highest BCUT2D eigenvalue weighted by Crippen LogP contribution is 2.21. The average Bonchev–Trinajstić information content (AvgIpc) is 2.46. The van der Waals surface area contributed by atoms with Crippen molar-refractivity contribution in [3.63, 3.8) is 0 Å². The molecule has 4 nitrogen and oxygen atoms in total. The van der Waals surface area contributed by atoms with Crippen molar-refractivity contribution in [2.24, 2.45) is 5.73 Å². The Kier molecular flexibility index (Phi) is 4.56. The lowest BCUT2D eigenvalue weighted by Crippen LogP contribution is -2.49. The van der Waals surface area contributed by atoms with E-state index in [1.807, 2.05) is 31.2 Å². The van der Waals surface area contributed by atoms with E-state index in [0.29, 0.717) is 6.54 Å². The van der Waals surface area contributed by atoms with Gasteiger partial charge < -0.3 is 15.7 Å². The molecule has 1 aromatic rings. The summed E-state index contributed by atoms with van der Waals surface area (Å²) in [7, 11) is 0. The van der Waals surface area contributed by atoms with Gasteiger partial charge in [0, 0.05) is 6.54 Å². The van der Waals surface area contributed by atoms with Crippen molar-refractivity contribution in [1.29, 1.82) is 0 Å². The number of nitrogens with zero attached hydrogens (tertiary/aromatic N) is 1. The summed E-state index contributed by atoms with van der Waals surface area (Å²) in [5, 5.41) is 9.36. The minimum atomic E-state index is -0.632. The predicted octanol–water partition coefficient (Wildman–Crippen LogP) is 1.37. The molecule has 19 heavy (non-hydrogen) atoms. The zero-order valence-electron chi connectivity index (χ0n) is 11.4. The zero-order valence-corrected chi connectivity index (χ0v) is 11.4. The van der Waals surface area contributed by atoms with Crippen LogP contribution in [0.4, 0.5) is 0 Å². The minimum Gasteiger partial charge on any atom is -0.394 e. The van der Waals surface area contributed by atoms with E-state index in [-0.39, 0.29) is 18.6 Å². The Hall–Kier alpha value is -1.39. The number of amides is 1. The van der Waals surface area contributed by atoms with Gasteiger partial charge in [0.25, 0.3) is 0 Å². The number of hydrogen-bond acceptors (Lipinski definition) is 3. The molecule has 0 saturated carbocycles. The van der Waals surface area contributed by atoms with Crippen LogP contribution in [0, 0.1) is 6.92 Å². The third-order valence-corrected chi connectivity index (χ3v) is 3.82. The van der Waals surface area contributed by atoms with Crippen LogP contribution in [0.5, 0.6) is 0 Å². The third kappa shape index (κ3) is 3.14. The Bertz CT molecular complexity index is 430. The summed E-state index contributed by atoms with van der Waals surface area (Å²) in [6, 6.07) is 7.02. The molecule has 1 aromatic carbocycles. The van der Waals surface area contributed by atoms with Gasteiger partial charge in [-0.15, -0.1) is 0 Å². The normalized spacial score (nSPS) is 21.2. The van der Waals surface area contributed by atoms with Crippen LogP contribution in [0.25, 0.3) is 0 Å². The fourth-order valence-corrected chi connectivity index (χ4v) is 2.58. The smallest absolute Gasteiger partial charge is 0.244 e. The summed E-state index contributed by atoms with van der Waals surface area (Å²) in [5.41, 5.74) is 8.04. The number of carbonyl (C=O) groups excluding carboxylic acids is 1. The first kappa shape index (κ1) is 14.0. The number of likely N-dealkylation sites (tertiary alicyclic amines) is 1.